The minimum absolute atomic E-state index is 0.113. The van der Waals surface area contributed by atoms with E-state index < -0.39 is 43.4 Å². The van der Waals surface area contributed by atoms with E-state index in [1.807, 2.05) is 0 Å². The lowest BCUT2D eigenvalue weighted by Gasteiger charge is -2.39. The van der Waals surface area contributed by atoms with E-state index in [4.69, 9.17) is 18.9 Å². The van der Waals surface area contributed by atoms with E-state index in [9.17, 15) is 25.2 Å². The molecule has 9 heteroatoms. The van der Waals surface area contributed by atoms with Gasteiger partial charge in [-0.3, -0.25) is 4.79 Å². The molecular weight excluding hydrogens is 540 g/mol. The molecule has 0 bridgehead atoms. The molecule has 1 aliphatic rings. The summed E-state index contributed by atoms with van der Waals surface area (Å²) in [5.74, 6) is -0.327. The summed E-state index contributed by atoms with van der Waals surface area (Å²) in [6.07, 6.45) is 16.9. The molecule has 0 radical (unpaired) electrons. The monoisotopic (exact) mass is 602 g/mol. The van der Waals surface area contributed by atoms with Crippen molar-refractivity contribution in [3.8, 4) is 0 Å². The maximum Gasteiger partial charge on any atom is 0.306 e. The lowest BCUT2D eigenvalue weighted by atomic mass is 9.99. The molecule has 1 fully saturated rings. The number of rotatable bonds is 27. The molecule has 1 rings (SSSR count). The highest BCUT2D eigenvalue weighted by atomic mass is 16.7. The lowest BCUT2D eigenvalue weighted by molar-refractivity contribution is -0.305. The summed E-state index contributed by atoms with van der Waals surface area (Å²) in [6.45, 7) is 4.44. The van der Waals surface area contributed by atoms with Gasteiger partial charge < -0.3 is 39.4 Å². The average Bonchev–Trinajstić information content (AvgIpc) is 2.99. The van der Waals surface area contributed by atoms with Gasteiger partial charge in [0.05, 0.1) is 19.8 Å². The zero-order chi connectivity index (χ0) is 30.8. The summed E-state index contributed by atoms with van der Waals surface area (Å²) in [6, 6.07) is 0. The number of unbranched alkanes of at least 4 members (excludes halogenated alkanes) is 14. The molecule has 1 heterocycles. The number of ether oxygens (including phenoxy) is 4. The number of hydrogen-bond acceptors (Lipinski definition) is 9. The average molecular weight is 603 g/mol. The molecule has 0 aromatic rings. The number of hydrogen-bond donors (Lipinski definition) is 4. The van der Waals surface area contributed by atoms with Crippen LogP contribution in [0, 0.1) is 0 Å². The molecule has 0 amide bonds. The highest BCUT2D eigenvalue weighted by Gasteiger charge is 2.44. The Morgan fingerprint density at radius 1 is 0.738 bits per heavy atom. The summed E-state index contributed by atoms with van der Waals surface area (Å²) in [5.41, 5.74) is 0. The third-order valence-electron chi connectivity index (χ3n) is 7.68. The molecular formula is C33H62O9. The van der Waals surface area contributed by atoms with Gasteiger partial charge in [-0.05, 0) is 38.5 Å². The Labute approximate surface area is 255 Å². The Bertz CT molecular complexity index is 657. The van der Waals surface area contributed by atoms with E-state index in [-0.39, 0.29) is 19.2 Å². The fraction of sp³-hybridized carbons (Fsp3) is 0.909. The largest absolute Gasteiger partial charge is 0.457 e. The van der Waals surface area contributed by atoms with Crippen LogP contribution in [0.15, 0.2) is 12.2 Å². The van der Waals surface area contributed by atoms with Gasteiger partial charge in [0, 0.05) is 13.0 Å². The van der Waals surface area contributed by atoms with Crippen LogP contribution >= 0.6 is 0 Å². The summed E-state index contributed by atoms with van der Waals surface area (Å²) in [5, 5.41) is 39.7. The second kappa shape index (κ2) is 26.3. The first-order valence-corrected chi connectivity index (χ1v) is 16.8. The van der Waals surface area contributed by atoms with Gasteiger partial charge in [0.25, 0.3) is 0 Å². The van der Waals surface area contributed by atoms with Crippen LogP contribution in [0.4, 0.5) is 0 Å². The quantitative estimate of drug-likeness (QED) is 0.0557. The lowest BCUT2D eigenvalue weighted by Crippen LogP contribution is -2.59. The molecule has 42 heavy (non-hydrogen) atoms. The minimum Gasteiger partial charge on any atom is -0.457 e. The molecule has 0 aromatic heterocycles. The number of esters is 1. The Hall–Kier alpha value is -1.07. The van der Waals surface area contributed by atoms with Crippen molar-refractivity contribution >= 4 is 5.97 Å². The highest BCUT2D eigenvalue weighted by Crippen LogP contribution is 2.22. The van der Waals surface area contributed by atoms with Crippen LogP contribution < -0.4 is 0 Å². The molecule has 6 unspecified atom stereocenters. The molecule has 0 aromatic carbocycles. The second-order valence-corrected chi connectivity index (χ2v) is 11.6. The Kier molecular flexibility index (Phi) is 24.4. The summed E-state index contributed by atoms with van der Waals surface area (Å²) in [7, 11) is 0. The van der Waals surface area contributed by atoms with Crippen LogP contribution in [-0.2, 0) is 23.7 Å². The molecule has 6 atom stereocenters. The van der Waals surface area contributed by atoms with Crippen LogP contribution in [0.25, 0.3) is 0 Å². The number of carbonyl (C=O) groups excluding carboxylic acids is 1. The van der Waals surface area contributed by atoms with Crippen molar-refractivity contribution in [3.05, 3.63) is 12.2 Å². The maximum absolute atomic E-state index is 12.5. The van der Waals surface area contributed by atoms with Gasteiger partial charge in [0.1, 0.15) is 30.5 Å². The van der Waals surface area contributed by atoms with Crippen LogP contribution in [0.1, 0.15) is 129 Å². The minimum atomic E-state index is -1.53. The molecule has 1 saturated heterocycles. The van der Waals surface area contributed by atoms with Gasteiger partial charge in [-0.1, -0.05) is 96.6 Å². The molecule has 0 spiro atoms. The number of aliphatic hydroxyl groups is 4. The van der Waals surface area contributed by atoms with Crippen LogP contribution in [0.3, 0.4) is 0 Å². The Morgan fingerprint density at radius 2 is 1.31 bits per heavy atom. The predicted octanol–water partition coefficient (Wildman–Crippen LogP) is 5.35. The van der Waals surface area contributed by atoms with Crippen molar-refractivity contribution < 1.29 is 44.2 Å². The van der Waals surface area contributed by atoms with Crippen molar-refractivity contribution in [2.75, 3.05) is 26.4 Å². The number of aliphatic hydroxyl groups excluding tert-OH is 4. The predicted molar refractivity (Wildman–Crippen MR) is 164 cm³/mol. The first-order valence-electron chi connectivity index (χ1n) is 16.8. The van der Waals surface area contributed by atoms with Crippen LogP contribution in [-0.4, -0.2) is 89.6 Å². The third kappa shape index (κ3) is 18.6. The third-order valence-corrected chi connectivity index (χ3v) is 7.68. The van der Waals surface area contributed by atoms with Gasteiger partial charge in [-0.25, -0.2) is 0 Å². The van der Waals surface area contributed by atoms with Gasteiger partial charge in [0.2, 0.25) is 0 Å². The Morgan fingerprint density at radius 3 is 1.98 bits per heavy atom. The maximum atomic E-state index is 12.5. The second-order valence-electron chi connectivity index (χ2n) is 11.6. The fourth-order valence-corrected chi connectivity index (χ4v) is 4.95. The summed E-state index contributed by atoms with van der Waals surface area (Å²) in [4.78, 5) is 12.5. The normalized spacial score (nSPS) is 23.4. The van der Waals surface area contributed by atoms with Gasteiger partial charge in [-0.2, -0.15) is 0 Å². The highest BCUT2D eigenvalue weighted by molar-refractivity contribution is 5.69. The topological polar surface area (TPSA) is 135 Å². The zero-order valence-corrected chi connectivity index (χ0v) is 26.5. The van der Waals surface area contributed by atoms with E-state index >= 15 is 0 Å². The summed E-state index contributed by atoms with van der Waals surface area (Å²) >= 11 is 0. The SMILES string of the molecule is CCCCC/C=C\CCCCCCCCOCC(COC1OC(CO)C(O)C(O)C1O)OC(=O)CCCCCCCC. The van der Waals surface area contributed by atoms with Crippen molar-refractivity contribution in [2.24, 2.45) is 0 Å². The van der Waals surface area contributed by atoms with Crippen molar-refractivity contribution in [1.82, 2.24) is 0 Å². The van der Waals surface area contributed by atoms with E-state index in [0.29, 0.717) is 13.0 Å². The molecule has 4 N–H and O–H groups in total. The molecule has 0 saturated carbocycles. The van der Waals surface area contributed by atoms with E-state index in [2.05, 4.69) is 26.0 Å². The Balaban J connectivity index is 2.35. The fourth-order valence-electron chi connectivity index (χ4n) is 4.95. The number of allylic oxidation sites excluding steroid dienone is 2. The smallest absolute Gasteiger partial charge is 0.306 e. The van der Waals surface area contributed by atoms with Crippen molar-refractivity contribution in [2.45, 2.75) is 166 Å². The summed E-state index contributed by atoms with van der Waals surface area (Å²) < 4.78 is 22.5. The molecule has 0 aliphatic carbocycles. The molecule has 248 valence electrons. The van der Waals surface area contributed by atoms with E-state index in [0.717, 1.165) is 32.1 Å². The van der Waals surface area contributed by atoms with E-state index in [1.165, 1.54) is 77.0 Å². The van der Waals surface area contributed by atoms with Crippen molar-refractivity contribution in [3.63, 3.8) is 0 Å². The van der Waals surface area contributed by atoms with Crippen LogP contribution in [0.5, 0.6) is 0 Å². The standard InChI is InChI=1S/C33H62O9/c1-3-5-7-9-11-12-13-14-15-16-17-19-21-23-39-25-27(41-29(35)22-20-18-10-8-6-4-2)26-40-33-32(38)31(37)30(36)28(24-34)42-33/h11-12,27-28,30-34,36-38H,3-10,13-26H2,1-2H3/b12-11-. The van der Waals surface area contributed by atoms with Gasteiger partial charge in [-0.15, -0.1) is 0 Å². The van der Waals surface area contributed by atoms with E-state index in [1.54, 1.807) is 0 Å². The first kappa shape index (κ1) is 39.0. The first-order chi connectivity index (χ1) is 20.4. The van der Waals surface area contributed by atoms with Crippen LogP contribution in [0.2, 0.25) is 0 Å². The number of carbonyl (C=O) groups is 1. The van der Waals surface area contributed by atoms with Gasteiger partial charge in [0.15, 0.2) is 6.29 Å². The molecule has 1 aliphatic heterocycles. The van der Waals surface area contributed by atoms with Crippen molar-refractivity contribution in [1.29, 1.82) is 0 Å². The zero-order valence-electron chi connectivity index (χ0n) is 26.5. The van der Waals surface area contributed by atoms with Gasteiger partial charge >= 0.3 is 5.97 Å². The molecule has 9 nitrogen and oxygen atoms in total.